The summed E-state index contributed by atoms with van der Waals surface area (Å²) in [6.07, 6.45) is 0.927. The highest BCUT2D eigenvalue weighted by molar-refractivity contribution is 6.18. The van der Waals surface area contributed by atoms with E-state index in [0.29, 0.717) is 12.5 Å². The SMILES string of the molecule is CCC1(CCl)COO1. The Morgan fingerprint density at radius 3 is 2.38 bits per heavy atom. The van der Waals surface area contributed by atoms with E-state index in [1.807, 2.05) is 6.92 Å². The van der Waals surface area contributed by atoms with Gasteiger partial charge in [-0.25, -0.2) is 9.78 Å². The summed E-state index contributed by atoms with van der Waals surface area (Å²) in [5.41, 5.74) is -0.151. The van der Waals surface area contributed by atoms with Gasteiger partial charge in [-0.1, -0.05) is 6.92 Å². The van der Waals surface area contributed by atoms with Gasteiger partial charge in [0.25, 0.3) is 0 Å². The van der Waals surface area contributed by atoms with Gasteiger partial charge in [0.2, 0.25) is 0 Å². The van der Waals surface area contributed by atoms with Gasteiger partial charge in [0, 0.05) is 0 Å². The van der Waals surface area contributed by atoms with Crippen molar-refractivity contribution in [2.45, 2.75) is 18.9 Å². The van der Waals surface area contributed by atoms with Gasteiger partial charge in [-0.3, -0.25) is 0 Å². The Bertz CT molecular complexity index is 67.0. The molecule has 0 aromatic carbocycles. The van der Waals surface area contributed by atoms with Gasteiger partial charge in [0.1, 0.15) is 12.2 Å². The molecule has 8 heavy (non-hydrogen) atoms. The Hall–Kier alpha value is 0.210. The molecule has 0 N–H and O–H groups in total. The molecule has 0 radical (unpaired) electrons. The smallest absolute Gasteiger partial charge is 0.143 e. The number of hydrogen-bond acceptors (Lipinski definition) is 2. The minimum absolute atomic E-state index is 0.151. The number of hydrogen-bond donors (Lipinski definition) is 0. The Labute approximate surface area is 53.7 Å². The van der Waals surface area contributed by atoms with E-state index in [1.54, 1.807) is 0 Å². The maximum Gasteiger partial charge on any atom is 0.143 e. The van der Waals surface area contributed by atoms with Crippen LogP contribution in [0.25, 0.3) is 0 Å². The van der Waals surface area contributed by atoms with Crippen molar-refractivity contribution in [2.24, 2.45) is 0 Å². The van der Waals surface area contributed by atoms with Crippen LogP contribution < -0.4 is 0 Å². The lowest BCUT2D eigenvalue weighted by Crippen LogP contribution is -2.48. The summed E-state index contributed by atoms with van der Waals surface area (Å²) in [5, 5.41) is 0. The average molecular weight is 137 g/mol. The highest BCUT2D eigenvalue weighted by Gasteiger charge is 2.38. The van der Waals surface area contributed by atoms with Crippen molar-refractivity contribution in [3.05, 3.63) is 0 Å². The lowest BCUT2D eigenvalue weighted by molar-refractivity contribution is -0.465. The molecule has 1 saturated heterocycles. The highest BCUT2D eigenvalue weighted by atomic mass is 35.5. The van der Waals surface area contributed by atoms with Crippen LogP contribution in [-0.4, -0.2) is 18.1 Å². The summed E-state index contributed by atoms with van der Waals surface area (Å²) in [5.74, 6) is 0.531. The molecule has 1 aliphatic heterocycles. The van der Waals surface area contributed by atoms with Gasteiger partial charge < -0.3 is 0 Å². The topological polar surface area (TPSA) is 18.5 Å². The van der Waals surface area contributed by atoms with E-state index in [1.165, 1.54) is 0 Å². The summed E-state index contributed by atoms with van der Waals surface area (Å²) in [6, 6.07) is 0. The van der Waals surface area contributed by atoms with Gasteiger partial charge in [-0.05, 0) is 6.42 Å². The second-order valence-electron chi connectivity index (χ2n) is 2.02. The predicted molar refractivity (Wildman–Crippen MR) is 30.8 cm³/mol. The van der Waals surface area contributed by atoms with Crippen LogP contribution in [0.2, 0.25) is 0 Å². The van der Waals surface area contributed by atoms with Crippen molar-refractivity contribution in [3.8, 4) is 0 Å². The van der Waals surface area contributed by atoms with Crippen LogP contribution in [-0.2, 0) is 9.78 Å². The second-order valence-corrected chi connectivity index (χ2v) is 2.28. The molecule has 1 heterocycles. The largest absolute Gasteiger partial charge is 0.233 e. The fraction of sp³-hybridized carbons (Fsp3) is 1.00. The fourth-order valence-electron chi connectivity index (χ4n) is 0.542. The second kappa shape index (κ2) is 2.21. The van der Waals surface area contributed by atoms with Crippen molar-refractivity contribution < 1.29 is 9.78 Å². The maximum atomic E-state index is 5.56. The lowest BCUT2D eigenvalue weighted by Gasteiger charge is -2.36. The fourth-order valence-corrected chi connectivity index (χ4v) is 0.853. The molecular weight excluding hydrogens is 128 g/mol. The third-order valence-corrected chi connectivity index (χ3v) is 1.93. The zero-order valence-corrected chi connectivity index (χ0v) is 5.57. The van der Waals surface area contributed by atoms with Crippen molar-refractivity contribution in [2.75, 3.05) is 12.5 Å². The van der Waals surface area contributed by atoms with Crippen molar-refractivity contribution in [1.29, 1.82) is 0 Å². The van der Waals surface area contributed by atoms with Gasteiger partial charge in [-0.2, -0.15) is 0 Å². The van der Waals surface area contributed by atoms with E-state index in [2.05, 4.69) is 4.89 Å². The average Bonchev–Trinajstić information content (AvgIpc) is 1.67. The van der Waals surface area contributed by atoms with Crippen LogP contribution in [0.1, 0.15) is 13.3 Å². The van der Waals surface area contributed by atoms with E-state index in [4.69, 9.17) is 16.5 Å². The molecule has 0 saturated carbocycles. The zero-order chi connectivity index (χ0) is 6.04. The third kappa shape index (κ3) is 0.835. The quantitative estimate of drug-likeness (QED) is 0.421. The molecule has 1 aliphatic rings. The Morgan fingerprint density at radius 1 is 1.75 bits per heavy atom. The molecule has 2 nitrogen and oxygen atoms in total. The number of alkyl halides is 1. The van der Waals surface area contributed by atoms with E-state index in [0.717, 1.165) is 6.42 Å². The lowest BCUT2D eigenvalue weighted by atomic mass is 10.0. The summed E-state index contributed by atoms with van der Waals surface area (Å²) >= 11 is 5.56. The summed E-state index contributed by atoms with van der Waals surface area (Å²) in [7, 11) is 0. The van der Waals surface area contributed by atoms with Crippen molar-refractivity contribution >= 4 is 11.6 Å². The van der Waals surface area contributed by atoms with Crippen LogP contribution in [0.3, 0.4) is 0 Å². The molecule has 1 atom stereocenters. The van der Waals surface area contributed by atoms with Gasteiger partial charge in [0.05, 0.1) is 5.88 Å². The summed E-state index contributed by atoms with van der Waals surface area (Å²) in [4.78, 5) is 9.32. The first-order chi connectivity index (χ1) is 3.83. The monoisotopic (exact) mass is 136 g/mol. The molecule has 1 fully saturated rings. The van der Waals surface area contributed by atoms with Crippen molar-refractivity contribution in [3.63, 3.8) is 0 Å². The van der Waals surface area contributed by atoms with Crippen LogP contribution in [0, 0.1) is 0 Å². The van der Waals surface area contributed by atoms with Crippen LogP contribution in [0.15, 0.2) is 0 Å². The van der Waals surface area contributed by atoms with E-state index >= 15 is 0 Å². The van der Waals surface area contributed by atoms with E-state index in [-0.39, 0.29) is 5.60 Å². The predicted octanol–water partition coefficient (Wildman–Crippen LogP) is 1.34. The highest BCUT2D eigenvalue weighted by Crippen LogP contribution is 2.26. The summed E-state index contributed by atoms with van der Waals surface area (Å²) < 4.78 is 0. The first-order valence-electron chi connectivity index (χ1n) is 2.69. The zero-order valence-electron chi connectivity index (χ0n) is 4.82. The van der Waals surface area contributed by atoms with Gasteiger partial charge in [0.15, 0.2) is 0 Å². The molecule has 0 aliphatic carbocycles. The molecule has 0 amide bonds. The molecular formula is C5H9ClO2. The van der Waals surface area contributed by atoms with Gasteiger partial charge >= 0.3 is 0 Å². The third-order valence-electron chi connectivity index (χ3n) is 1.45. The Kier molecular flexibility index (Phi) is 1.75. The minimum Gasteiger partial charge on any atom is -0.233 e. The molecule has 0 aromatic rings. The van der Waals surface area contributed by atoms with Crippen LogP contribution in [0.4, 0.5) is 0 Å². The van der Waals surface area contributed by atoms with E-state index < -0.39 is 0 Å². The molecule has 3 heteroatoms. The maximum absolute atomic E-state index is 5.56. The molecule has 1 unspecified atom stereocenters. The Morgan fingerprint density at radius 2 is 2.38 bits per heavy atom. The first-order valence-corrected chi connectivity index (χ1v) is 3.23. The number of rotatable bonds is 2. The number of halogens is 1. The van der Waals surface area contributed by atoms with Gasteiger partial charge in [-0.15, -0.1) is 11.6 Å². The Balaban J connectivity index is 2.33. The molecule has 48 valence electrons. The van der Waals surface area contributed by atoms with E-state index in [9.17, 15) is 0 Å². The molecule has 0 spiro atoms. The van der Waals surface area contributed by atoms with Crippen LogP contribution in [0.5, 0.6) is 0 Å². The molecule has 0 aromatic heterocycles. The molecule has 0 bridgehead atoms. The normalized spacial score (nSPS) is 36.8. The standard InChI is InChI=1S/C5H9ClO2/c1-2-5(3-6)4-7-8-5/h2-4H2,1H3. The van der Waals surface area contributed by atoms with Crippen molar-refractivity contribution in [1.82, 2.24) is 0 Å². The van der Waals surface area contributed by atoms with Crippen LogP contribution >= 0.6 is 11.6 Å². The first kappa shape index (κ1) is 6.33. The minimum atomic E-state index is -0.151. The molecule has 1 rings (SSSR count). The summed E-state index contributed by atoms with van der Waals surface area (Å²) in [6.45, 7) is 2.68.